The highest BCUT2D eigenvalue weighted by molar-refractivity contribution is 5.90. The number of hydrogen-bond acceptors (Lipinski definition) is 4. The van der Waals surface area contributed by atoms with Crippen LogP contribution in [0.3, 0.4) is 0 Å². The van der Waals surface area contributed by atoms with Crippen molar-refractivity contribution in [1.29, 1.82) is 0 Å². The summed E-state index contributed by atoms with van der Waals surface area (Å²) < 4.78 is 13.5. The monoisotopic (exact) mass is 241 g/mol. The maximum atomic E-state index is 13.5. The smallest absolute Gasteiger partial charge is 0.338 e. The maximum Gasteiger partial charge on any atom is 0.338 e. The largest absolute Gasteiger partial charge is 0.478 e. The average molecular weight is 241 g/mol. The minimum absolute atomic E-state index is 0.252. The third kappa shape index (κ3) is 3.07. The summed E-state index contributed by atoms with van der Waals surface area (Å²) >= 11 is 0. The zero-order chi connectivity index (χ0) is 13.0. The summed E-state index contributed by atoms with van der Waals surface area (Å²) in [5, 5.41) is 11.7. The number of halogens is 1. The quantitative estimate of drug-likeness (QED) is 0.663. The molecule has 0 atom stereocenters. The number of aromatic carboxylic acids is 1. The predicted molar refractivity (Wildman–Crippen MR) is 65.0 cm³/mol. The molecule has 0 aliphatic rings. The van der Waals surface area contributed by atoms with Crippen molar-refractivity contribution in [2.75, 3.05) is 37.8 Å². The Labute approximate surface area is 99.0 Å². The van der Waals surface area contributed by atoms with Crippen molar-refractivity contribution in [3.05, 3.63) is 23.5 Å². The van der Waals surface area contributed by atoms with Gasteiger partial charge in [-0.3, -0.25) is 0 Å². The lowest BCUT2D eigenvalue weighted by atomic mass is 10.1. The summed E-state index contributed by atoms with van der Waals surface area (Å²) in [6.45, 7) is 1.37. The highest BCUT2D eigenvalue weighted by atomic mass is 19.1. The molecule has 0 aromatic heterocycles. The highest BCUT2D eigenvalue weighted by Crippen LogP contribution is 2.25. The Bertz CT molecular complexity index is 423. The van der Waals surface area contributed by atoms with E-state index in [1.165, 1.54) is 0 Å². The lowest BCUT2D eigenvalue weighted by Gasteiger charge is -2.21. The van der Waals surface area contributed by atoms with Gasteiger partial charge in [0.05, 0.1) is 16.9 Å². The number of nitrogens with one attached hydrogen (secondary N) is 1. The zero-order valence-electron chi connectivity index (χ0n) is 9.83. The molecule has 1 rings (SSSR count). The average Bonchev–Trinajstić information content (AvgIpc) is 2.28. The van der Waals surface area contributed by atoms with Crippen molar-refractivity contribution in [2.45, 2.75) is 0 Å². The van der Waals surface area contributed by atoms with E-state index in [1.54, 1.807) is 11.9 Å². The number of carboxylic acid groups (broad SMARTS) is 1. The van der Waals surface area contributed by atoms with Crippen LogP contribution in [0, 0.1) is 5.82 Å². The molecule has 1 aromatic carbocycles. The molecule has 0 amide bonds. The number of hydrogen-bond donors (Lipinski definition) is 3. The fraction of sp³-hybridized carbons (Fsp3) is 0.364. The molecule has 0 radical (unpaired) electrons. The molecule has 0 unspecified atom stereocenters. The fourth-order valence-electron chi connectivity index (χ4n) is 1.47. The maximum absolute atomic E-state index is 13.5. The second kappa shape index (κ2) is 5.49. The van der Waals surface area contributed by atoms with Crippen LogP contribution in [-0.2, 0) is 0 Å². The first-order valence-corrected chi connectivity index (χ1v) is 5.15. The first-order chi connectivity index (χ1) is 7.97. The van der Waals surface area contributed by atoms with Crippen LogP contribution in [0.15, 0.2) is 12.1 Å². The Morgan fingerprint density at radius 2 is 2.24 bits per heavy atom. The molecule has 5 nitrogen and oxygen atoms in total. The van der Waals surface area contributed by atoms with Crippen LogP contribution in [0.2, 0.25) is 0 Å². The molecular weight excluding hydrogens is 225 g/mol. The normalized spacial score (nSPS) is 10.3. The lowest BCUT2D eigenvalue weighted by Crippen LogP contribution is -2.27. The van der Waals surface area contributed by atoms with Gasteiger partial charge in [0, 0.05) is 26.2 Å². The molecule has 0 saturated heterocycles. The van der Waals surface area contributed by atoms with Crippen molar-refractivity contribution in [2.24, 2.45) is 0 Å². The van der Waals surface area contributed by atoms with Gasteiger partial charge < -0.3 is 21.1 Å². The Morgan fingerprint density at radius 1 is 1.59 bits per heavy atom. The van der Waals surface area contributed by atoms with Gasteiger partial charge in [-0.05, 0) is 13.1 Å². The molecule has 0 bridgehead atoms. The number of nitrogen functional groups attached to an aromatic ring is 1. The minimum atomic E-state index is -1.32. The molecule has 94 valence electrons. The molecule has 0 spiro atoms. The topological polar surface area (TPSA) is 78.6 Å². The molecule has 4 N–H and O–H groups in total. The molecule has 0 fully saturated rings. The van der Waals surface area contributed by atoms with E-state index in [9.17, 15) is 9.18 Å². The van der Waals surface area contributed by atoms with E-state index < -0.39 is 17.3 Å². The van der Waals surface area contributed by atoms with Gasteiger partial charge in [-0.2, -0.15) is 0 Å². The van der Waals surface area contributed by atoms with E-state index in [1.807, 2.05) is 7.05 Å². The van der Waals surface area contributed by atoms with Crippen molar-refractivity contribution >= 4 is 17.3 Å². The molecule has 0 aliphatic carbocycles. The molecule has 6 heteroatoms. The molecule has 0 heterocycles. The Morgan fingerprint density at radius 3 is 2.76 bits per heavy atom. The Hall–Kier alpha value is -1.82. The van der Waals surface area contributed by atoms with E-state index in [-0.39, 0.29) is 5.69 Å². The summed E-state index contributed by atoms with van der Waals surface area (Å²) in [5.41, 5.74) is 6.04. The van der Waals surface area contributed by atoms with Crippen LogP contribution in [0.1, 0.15) is 10.4 Å². The number of carboxylic acids is 1. The second-order valence-electron chi connectivity index (χ2n) is 3.72. The van der Waals surface area contributed by atoms with E-state index in [0.717, 1.165) is 18.7 Å². The van der Waals surface area contributed by atoms with Gasteiger partial charge in [0.25, 0.3) is 0 Å². The van der Waals surface area contributed by atoms with E-state index >= 15 is 0 Å². The standard InChI is InChI=1S/C11H16FN3O2/c1-14-3-4-15(2)10-6-8(12)7(11(16)17)5-9(10)13/h5-6,14H,3-4,13H2,1-2H3,(H,16,17). The number of rotatable bonds is 5. The summed E-state index contributed by atoms with van der Waals surface area (Å²) in [5.74, 6) is -2.10. The summed E-state index contributed by atoms with van der Waals surface area (Å²) in [4.78, 5) is 12.5. The van der Waals surface area contributed by atoms with Gasteiger partial charge >= 0.3 is 5.97 Å². The molecule has 17 heavy (non-hydrogen) atoms. The second-order valence-corrected chi connectivity index (χ2v) is 3.72. The SMILES string of the molecule is CNCCN(C)c1cc(F)c(C(=O)O)cc1N. The highest BCUT2D eigenvalue weighted by Gasteiger charge is 2.15. The zero-order valence-corrected chi connectivity index (χ0v) is 9.83. The van der Waals surface area contributed by atoms with Crippen LogP contribution in [0.25, 0.3) is 0 Å². The summed E-state index contributed by atoms with van der Waals surface area (Å²) in [6.07, 6.45) is 0. The third-order valence-corrected chi connectivity index (χ3v) is 2.46. The lowest BCUT2D eigenvalue weighted by molar-refractivity contribution is 0.0692. The molecular formula is C11H16FN3O2. The number of anilines is 2. The van der Waals surface area contributed by atoms with Gasteiger partial charge in [0.2, 0.25) is 0 Å². The summed E-state index contributed by atoms with van der Waals surface area (Å²) in [7, 11) is 3.58. The molecule has 0 aliphatic heterocycles. The van der Waals surface area contributed by atoms with E-state index in [2.05, 4.69) is 5.32 Å². The fourth-order valence-corrected chi connectivity index (χ4v) is 1.47. The third-order valence-electron chi connectivity index (χ3n) is 2.46. The van der Waals surface area contributed by atoms with E-state index in [4.69, 9.17) is 10.8 Å². The summed E-state index contributed by atoms with van der Waals surface area (Å²) in [6, 6.07) is 2.29. The van der Waals surface area contributed by atoms with Gasteiger partial charge in [0.1, 0.15) is 5.82 Å². The van der Waals surface area contributed by atoms with Gasteiger partial charge in [-0.15, -0.1) is 0 Å². The van der Waals surface area contributed by atoms with Gasteiger partial charge in [-0.25, -0.2) is 9.18 Å². The van der Waals surface area contributed by atoms with Crippen molar-refractivity contribution in [1.82, 2.24) is 5.32 Å². The van der Waals surface area contributed by atoms with Crippen LogP contribution in [-0.4, -0.2) is 38.3 Å². The van der Waals surface area contributed by atoms with Gasteiger partial charge in [-0.1, -0.05) is 0 Å². The van der Waals surface area contributed by atoms with Crippen molar-refractivity contribution in [3.8, 4) is 0 Å². The number of carbonyl (C=O) groups is 1. The number of benzene rings is 1. The Balaban J connectivity index is 3.02. The minimum Gasteiger partial charge on any atom is -0.478 e. The van der Waals surface area contributed by atoms with Crippen LogP contribution in [0.4, 0.5) is 15.8 Å². The van der Waals surface area contributed by atoms with Crippen LogP contribution < -0.4 is 16.0 Å². The first-order valence-electron chi connectivity index (χ1n) is 5.15. The number of nitrogens with two attached hydrogens (primary N) is 1. The van der Waals surface area contributed by atoms with Crippen molar-refractivity contribution in [3.63, 3.8) is 0 Å². The number of nitrogens with zero attached hydrogens (tertiary/aromatic N) is 1. The number of likely N-dealkylation sites (N-methyl/N-ethyl adjacent to an activating group) is 2. The van der Waals surface area contributed by atoms with Crippen LogP contribution >= 0.6 is 0 Å². The predicted octanol–water partition coefficient (Wildman–Crippen LogP) is 0.762. The molecule has 1 aromatic rings. The van der Waals surface area contributed by atoms with Crippen molar-refractivity contribution < 1.29 is 14.3 Å². The van der Waals surface area contributed by atoms with E-state index in [0.29, 0.717) is 12.2 Å². The van der Waals surface area contributed by atoms with Gasteiger partial charge in [0.15, 0.2) is 0 Å². The molecule has 0 saturated carbocycles. The van der Waals surface area contributed by atoms with Crippen LogP contribution in [0.5, 0.6) is 0 Å². The first kappa shape index (κ1) is 13.2. The Kier molecular flexibility index (Phi) is 4.28.